The highest BCUT2D eigenvalue weighted by Gasteiger charge is 2.23. The molecule has 0 aliphatic heterocycles. The van der Waals surface area contributed by atoms with Crippen LogP contribution in [-0.2, 0) is 26.3 Å². The molecule has 10 nitrogen and oxygen atoms in total. The number of alkyl carbamates (subject to hydrolysis) is 1. The molecule has 0 radical (unpaired) electrons. The van der Waals surface area contributed by atoms with E-state index in [0.29, 0.717) is 24.1 Å². The summed E-state index contributed by atoms with van der Waals surface area (Å²) in [7, 11) is -3.83. The molecular formula is C23H25F2N5O5S2. The van der Waals surface area contributed by atoms with E-state index in [1.807, 2.05) is 6.07 Å². The van der Waals surface area contributed by atoms with Crippen LogP contribution in [0.15, 0.2) is 53.9 Å². The van der Waals surface area contributed by atoms with E-state index in [9.17, 15) is 26.8 Å². The fraction of sp³-hybridized carbons (Fsp3) is 0.261. The van der Waals surface area contributed by atoms with Gasteiger partial charge in [-0.05, 0) is 43.0 Å². The van der Waals surface area contributed by atoms with E-state index in [2.05, 4.69) is 20.3 Å². The van der Waals surface area contributed by atoms with E-state index in [4.69, 9.17) is 9.88 Å². The van der Waals surface area contributed by atoms with Gasteiger partial charge in [0.15, 0.2) is 16.8 Å². The lowest BCUT2D eigenvalue weighted by Crippen LogP contribution is -2.44. The fourth-order valence-corrected chi connectivity index (χ4v) is 4.33. The third-order valence-electron chi connectivity index (χ3n) is 4.99. The van der Waals surface area contributed by atoms with Crippen molar-refractivity contribution in [1.29, 1.82) is 0 Å². The van der Waals surface area contributed by atoms with Gasteiger partial charge in [-0.2, -0.15) is 8.42 Å². The van der Waals surface area contributed by atoms with E-state index in [0.717, 1.165) is 29.0 Å². The van der Waals surface area contributed by atoms with E-state index >= 15 is 0 Å². The van der Waals surface area contributed by atoms with Crippen molar-refractivity contribution in [2.45, 2.75) is 31.9 Å². The number of rotatable bonds is 12. The number of carbonyl (C=O) groups is 2. The topological polar surface area (TPSA) is 153 Å². The van der Waals surface area contributed by atoms with Gasteiger partial charge in [0.05, 0.1) is 5.69 Å². The summed E-state index contributed by atoms with van der Waals surface area (Å²) in [5.41, 5.74) is 1.43. The molecule has 3 rings (SSSR count). The predicted molar refractivity (Wildman–Crippen MR) is 135 cm³/mol. The van der Waals surface area contributed by atoms with Crippen molar-refractivity contribution in [3.8, 4) is 11.3 Å². The summed E-state index contributed by atoms with van der Waals surface area (Å²) in [5, 5.41) is 11.8. The number of nitrogens with zero attached hydrogens (tertiary/aromatic N) is 1. The SMILES string of the molecule is NS(=O)(=O)NCCCC[C@H](NC(=O)OCc1ccccc1)C(=O)Nc1nc(-c2ccc(F)c(F)c2)cs1. The summed E-state index contributed by atoms with van der Waals surface area (Å²) in [6.45, 7) is 0.0685. The number of anilines is 1. The number of aromatic nitrogens is 1. The van der Waals surface area contributed by atoms with Gasteiger partial charge in [-0.15, -0.1) is 11.3 Å². The van der Waals surface area contributed by atoms with Gasteiger partial charge in [-0.1, -0.05) is 30.3 Å². The largest absolute Gasteiger partial charge is 0.445 e. The number of thiazole rings is 1. The first-order chi connectivity index (χ1) is 17.6. The molecule has 0 bridgehead atoms. The quantitative estimate of drug-likeness (QED) is 0.253. The van der Waals surface area contributed by atoms with Crippen LogP contribution in [0.3, 0.4) is 0 Å². The zero-order valence-electron chi connectivity index (χ0n) is 19.4. The Morgan fingerprint density at radius 2 is 1.84 bits per heavy atom. The Morgan fingerprint density at radius 3 is 2.54 bits per heavy atom. The zero-order chi connectivity index (χ0) is 26.8. The fourth-order valence-electron chi connectivity index (χ4n) is 3.18. The molecule has 37 heavy (non-hydrogen) atoms. The van der Waals surface area contributed by atoms with Gasteiger partial charge in [0.25, 0.3) is 10.2 Å². The Balaban J connectivity index is 1.62. The molecule has 5 N–H and O–H groups in total. The Morgan fingerprint density at radius 1 is 1.08 bits per heavy atom. The van der Waals surface area contributed by atoms with E-state index in [1.54, 1.807) is 29.6 Å². The molecule has 14 heteroatoms. The number of benzene rings is 2. The van der Waals surface area contributed by atoms with Crippen LogP contribution in [-0.4, -0.2) is 38.0 Å². The number of unbranched alkanes of at least 4 members (excludes halogenated alkanes) is 1. The summed E-state index contributed by atoms with van der Waals surface area (Å²) in [4.78, 5) is 29.5. The number of hydrogen-bond acceptors (Lipinski definition) is 7. The van der Waals surface area contributed by atoms with Gasteiger partial charge in [0.2, 0.25) is 5.91 Å². The highest BCUT2D eigenvalue weighted by atomic mass is 32.2. The predicted octanol–water partition coefficient (Wildman–Crippen LogP) is 3.29. The maximum absolute atomic E-state index is 13.6. The zero-order valence-corrected chi connectivity index (χ0v) is 21.1. The molecule has 0 unspecified atom stereocenters. The molecule has 0 aliphatic rings. The van der Waals surface area contributed by atoms with Crippen molar-refractivity contribution in [1.82, 2.24) is 15.0 Å². The Hall–Kier alpha value is -3.46. The Labute approximate surface area is 216 Å². The van der Waals surface area contributed by atoms with Crippen LogP contribution in [0.4, 0.5) is 18.7 Å². The van der Waals surface area contributed by atoms with Crippen molar-refractivity contribution in [2.24, 2.45) is 5.14 Å². The molecule has 0 aliphatic carbocycles. The average Bonchev–Trinajstić information content (AvgIpc) is 3.32. The maximum Gasteiger partial charge on any atom is 0.408 e. The third kappa shape index (κ3) is 9.49. The summed E-state index contributed by atoms with van der Waals surface area (Å²) in [6.07, 6.45) is 0.0870. The Kier molecular flexibility index (Phi) is 10.0. The second kappa shape index (κ2) is 13.2. The highest BCUT2D eigenvalue weighted by molar-refractivity contribution is 7.87. The number of carbonyl (C=O) groups excluding carboxylic acids is 2. The first kappa shape index (κ1) is 28.1. The third-order valence-corrected chi connectivity index (χ3v) is 6.36. The minimum absolute atomic E-state index is 0.00333. The smallest absolute Gasteiger partial charge is 0.408 e. The molecule has 198 valence electrons. The van der Waals surface area contributed by atoms with Gasteiger partial charge in [0, 0.05) is 17.5 Å². The first-order valence-electron chi connectivity index (χ1n) is 11.1. The summed E-state index contributed by atoms with van der Waals surface area (Å²) >= 11 is 1.07. The molecular weight excluding hydrogens is 528 g/mol. The van der Waals surface area contributed by atoms with Crippen LogP contribution in [0, 0.1) is 11.6 Å². The summed E-state index contributed by atoms with van der Waals surface area (Å²) in [6, 6.07) is 11.3. The van der Waals surface area contributed by atoms with Gasteiger partial charge in [0.1, 0.15) is 12.6 Å². The highest BCUT2D eigenvalue weighted by Crippen LogP contribution is 2.26. The van der Waals surface area contributed by atoms with Crippen LogP contribution in [0.1, 0.15) is 24.8 Å². The monoisotopic (exact) mass is 553 g/mol. The molecule has 0 saturated heterocycles. The molecule has 0 saturated carbocycles. The first-order valence-corrected chi connectivity index (χ1v) is 13.5. The normalized spacial score (nSPS) is 12.1. The summed E-state index contributed by atoms with van der Waals surface area (Å²) in [5.74, 6) is -2.59. The molecule has 2 amide bonds. The van der Waals surface area contributed by atoms with Crippen molar-refractivity contribution < 1.29 is 31.5 Å². The lowest BCUT2D eigenvalue weighted by Gasteiger charge is -2.17. The molecule has 1 heterocycles. The molecule has 0 fully saturated rings. The van der Waals surface area contributed by atoms with Crippen molar-refractivity contribution in [3.05, 3.63) is 71.1 Å². The Bertz CT molecular complexity index is 1320. The van der Waals surface area contributed by atoms with Crippen molar-refractivity contribution in [2.75, 3.05) is 11.9 Å². The maximum atomic E-state index is 13.6. The van der Waals surface area contributed by atoms with Gasteiger partial charge >= 0.3 is 6.09 Å². The number of hydrogen-bond donors (Lipinski definition) is 4. The number of ether oxygens (including phenoxy) is 1. The number of halogens is 2. The molecule has 1 atom stereocenters. The van der Waals surface area contributed by atoms with Gasteiger partial charge in [-0.3, -0.25) is 4.79 Å². The standard InChI is InChI=1S/C23H25F2N5O5S2/c24-17-10-9-16(12-18(17)25)20-14-36-22(28-20)30-21(31)19(8-4-5-11-27-37(26,33)34)29-23(32)35-13-15-6-2-1-3-7-15/h1-3,6-7,9-10,12,14,19,27H,4-5,8,11,13H2,(H,29,32)(H2,26,33,34)(H,28,30,31)/t19-/m0/s1. The van der Waals surface area contributed by atoms with Crippen LogP contribution >= 0.6 is 11.3 Å². The van der Waals surface area contributed by atoms with Crippen LogP contribution in [0.5, 0.6) is 0 Å². The molecule has 1 aromatic heterocycles. The summed E-state index contributed by atoms with van der Waals surface area (Å²) < 4.78 is 56.1. The number of nitrogens with one attached hydrogen (secondary N) is 3. The van der Waals surface area contributed by atoms with Crippen molar-refractivity contribution >= 4 is 38.7 Å². The molecule has 2 aromatic carbocycles. The van der Waals surface area contributed by atoms with E-state index in [1.165, 1.54) is 6.07 Å². The number of amides is 2. The van der Waals surface area contributed by atoms with E-state index in [-0.39, 0.29) is 24.7 Å². The van der Waals surface area contributed by atoms with Gasteiger partial charge < -0.3 is 15.4 Å². The van der Waals surface area contributed by atoms with Gasteiger partial charge in [-0.25, -0.2) is 28.4 Å². The average molecular weight is 554 g/mol. The van der Waals surface area contributed by atoms with Crippen molar-refractivity contribution in [3.63, 3.8) is 0 Å². The molecule has 3 aromatic rings. The van der Waals surface area contributed by atoms with Crippen LogP contribution in [0.2, 0.25) is 0 Å². The second-order valence-corrected chi connectivity index (χ2v) is 10.1. The number of nitrogens with two attached hydrogens (primary N) is 1. The minimum atomic E-state index is -3.83. The van der Waals surface area contributed by atoms with E-state index < -0.39 is 39.9 Å². The molecule has 0 spiro atoms. The second-order valence-electron chi connectivity index (χ2n) is 7.85. The lowest BCUT2D eigenvalue weighted by molar-refractivity contribution is -0.118. The van der Waals surface area contributed by atoms with Crippen LogP contribution < -0.4 is 20.5 Å². The lowest BCUT2D eigenvalue weighted by atomic mass is 10.1. The minimum Gasteiger partial charge on any atom is -0.445 e. The van der Waals surface area contributed by atoms with Crippen LogP contribution in [0.25, 0.3) is 11.3 Å².